The fourth-order valence-corrected chi connectivity index (χ4v) is 7.40. The summed E-state index contributed by atoms with van der Waals surface area (Å²) in [5.41, 5.74) is 3.84. The van der Waals surface area contributed by atoms with Crippen LogP contribution in [0.2, 0.25) is 0 Å². The smallest absolute Gasteiger partial charge is 0.328 e. The number of piperidine rings is 1. The lowest BCUT2D eigenvalue weighted by atomic mass is 9.88. The van der Waals surface area contributed by atoms with Crippen LogP contribution in [0.4, 0.5) is 0 Å². The van der Waals surface area contributed by atoms with Gasteiger partial charge in [0.15, 0.2) is 4.75 Å². The molecule has 2 fully saturated rings. The van der Waals surface area contributed by atoms with E-state index >= 15 is 0 Å². The van der Waals surface area contributed by atoms with Gasteiger partial charge in [-0.1, -0.05) is 24.3 Å². The number of methoxy groups -OCH3 is 1. The third kappa shape index (κ3) is 5.72. The number of ether oxygens (including phenoxy) is 3. The molecule has 0 bridgehead atoms. The highest BCUT2D eigenvalue weighted by molar-refractivity contribution is 7.91. The average molecular weight is 549 g/mol. The van der Waals surface area contributed by atoms with Crippen LogP contribution >= 0.6 is 0 Å². The van der Waals surface area contributed by atoms with E-state index in [2.05, 4.69) is 17.1 Å². The summed E-state index contributed by atoms with van der Waals surface area (Å²) in [6.45, 7) is 2.69. The summed E-state index contributed by atoms with van der Waals surface area (Å²) in [6.07, 6.45) is 0.544. The molecule has 10 nitrogen and oxygen atoms in total. The molecule has 0 aliphatic carbocycles. The van der Waals surface area contributed by atoms with Crippen molar-refractivity contribution in [1.29, 1.82) is 0 Å². The number of hydrogen-bond donors (Lipinski definition) is 2. The van der Waals surface area contributed by atoms with Gasteiger partial charge in [0.1, 0.15) is 12.7 Å². The highest BCUT2D eigenvalue weighted by atomic mass is 32.2. The number of hydrogen-bond acceptors (Lipinski definition) is 9. The molecule has 1 atom stereocenters. The lowest BCUT2D eigenvalue weighted by Crippen LogP contribution is -2.57. The van der Waals surface area contributed by atoms with Crippen molar-refractivity contribution in [2.75, 3.05) is 46.6 Å². The predicted molar refractivity (Wildman–Crippen MR) is 140 cm³/mol. The van der Waals surface area contributed by atoms with Gasteiger partial charge in [0.25, 0.3) is 0 Å². The topological polar surface area (TPSA) is 135 Å². The fraction of sp³-hybridized carbons (Fsp3) is 0.556. The Morgan fingerprint density at radius 1 is 1.21 bits per heavy atom. The molecule has 38 heavy (non-hydrogen) atoms. The Kier molecular flexibility index (Phi) is 9.04. The number of nitrogens with zero attached hydrogens (tertiary/aromatic N) is 2. The van der Waals surface area contributed by atoms with Gasteiger partial charge in [-0.3, -0.25) is 4.79 Å². The van der Waals surface area contributed by atoms with E-state index < -0.39 is 26.8 Å². The van der Waals surface area contributed by atoms with E-state index in [0.29, 0.717) is 31.8 Å². The van der Waals surface area contributed by atoms with Gasteiger partial charge in [-0.2, -0.15) is 0 Å². The van der Waals surface area contributed by atoms with Crippen LogP contribution in [0.15, 0.2) is 36.4 Å². The molecule has 0 radical (unpaired) electrons. The van der Waals surface area contributed by atoms with E-state index in [1.54, 1.807) is 6.07 Å². The van der Waals surface area contributed by atoms with Gasteiger partial charge in [-0.25, -0.2) is 17.7 Å². The van der Waals surface area contributed by atoms with Crippen molar-refractivity contribution in [1.82, 2.24) is 9.29 Å². The van der Waals surface area contributed by atoms with Gasteiger partial charge in [0.05, 0.1) is 19.4 Å². The number of carbonyl (C=O) groups is 1. The van der Waals surface area contributed by atoms with E-state index in [1.807, 2.05) is 25.1 Å². The monoisotopic (exact) mass is 548 g/mol. The number of aryl methyl sites for hydroxylation is 1. The minimum absolute atomic E-state index is 0.0478. The van der Waals surface area contributed by atoms with E-state index in [9.17, 15) is 18.3 Å². The summed E-state index contributed by atoms with van der Waals surface area (Å²) in [4.78, 5) is 17.2. The molecule has 0 unspecified atom stereocenters. The summed E-state index contributed by atoms with van der Waals surface area (Å²) in [5, 5.41) is 18.5. The quantitative estimate of drug-likeness (QED) is 0.451. The Hall–Kier alpha value is -2.57. The van der Waals surface area contributed by atoms with Gasteiger partial charge in [-0.15, -0.1) is 0 Å². The number of carbonyl (C=O) groups excluding carboxylic acids is 1. The predicted octanol–water partition coefficient (Wildman–Crippen LogP) is 2.02. The van der Waals surface area contributed by atoms with Crippen LogP contribution in [0.5, 0.6) is 5.88 Å². The van der Waals surface area contributed by atoms with Gasteiger partial charge in [-0.05, 0) is 42.9 Å². The average Bonchev–Trinajstić information content (AvgIpc) is 2.95. The van der Waals surface area contributed by atoms with E-state index in [0.717, 1.165) is 22.4 Å². The molecule has 2 aliphatic rings. The summed E-state index contributed by atoms with van der Waals surface area (Å²) >= 11 is 0. The third-order valence-electron chi connectivity index (χ3n) is 7.50. The van der Waals surface area contributed by atoms with Crippen molar-refractivity contribution in [3.05, 3.63) is 47.5 Å². The minimum Gasteiger partial charge on any atom is -0.475 e. The minimum atomic E-state index is -3.90. The van der Waals surface area contributed by atoms with Gasteiger partial charge >= 0.3 is 5.97 Å². The molecule has 2 aromatic rings. The molecular formula is C27H36N2O8S. The number of aliphatic hydroxyl groups is 2. The zero-order valence-corrected chi connectivity index (χ0v) is 22.7. The van der Waals surface area contributed by atoms with Gasteiger partial charge in [0.2, 0.25) is 15.9 Å². The summed E-state index contributed by atoms with van der Waals surface area (Å²) in [5.74, 6) is -0.149. The number of sulfonamides is 1. The molecular weight excluding hydrogens is 512 g/mol. The molecule has 0 saturated carbocycles. The van der Waals surface area contributed by atoms with Crippen LogP contribution < -0.4 is 4.74 Å². The maximum absolute atomic E-state index is 13.6. The van der Waals surface area contributed by atoms with Crippen molar-refractivity contribution in [3.63, 3.8) is 0 Å². The van der Waals surface area contributed by atoms with Crippen LogP contribution in [0.25, 0.3) is 11.3 Å². The summed E-state index contributed by atoms with van der Waals surface area (Å²) < 4.78 is 42.9. The Morgan fingerprint density at radius 2 is 1.92 bits per heavy atom. The number of esters is 1. The standard InChI is InChI=1S/C27H36N2O8S/c1-19-16-21(6-7-23(19)24-4-3-5-25(28-24)37-18-22(31)17-30)20-8-12-29(13-9-20)38(33,34)27(26(32)35-2)10-14-36-15-11-27/h3-7,16,20,22,30-31H,8-15,17-18H2,1-2H3/t22-/m0/s1. The molecule has 2 N–H and O–H groups in total. The number of aromatic nitrogens is 1. The lowest BCUT2D eigenvalue weighted by Gasteiger charge is -2.40. The second-order valence-electron chi connectivity index (χ2n) is 9.86. The first-order chi connectivity index (χ1) is 18.2. The second kappa shape index (κ2) is 12.1. The van der Waals surface area contributed by atoms with Crippen LogP contribution in [0, 0.1) is 6.92 Å². The van der Waals surface area contributed by atoms with Crippen LogP contribution in [-0.2, 0) is 24.3 Å². The molecule has 208 valence electrons. The lowest BCUT2D eigenvalue weighted by molar-refractivity contribution is -0.146. The Balaban J connectivity index is 1.45. The van der Waals surface area contributed by atoms with Crippen molar-refractivity contribution >= 4 is 16.0 Å². The first-order valence-corrected chi connectivity index (χ1v) is 14.3. The number of pyridine rings is 1. The Bertz CT molecular complexity index is 1220. The molecule has 2 saturated heterocycles. The fourth-order valence-electron chi connectivity index (χ4n) is 5.24. The molecule has 2 aliphatic heterocycles. The van der Waals surface area contributed by atoms with Crippen molar-refractivity contribution in [2.45, 2.75) is 49.4 Å². The maximum atomic E-state index is 13.6. The van der Waals surface area contributed by atoms with Crippen LogP contribution in [-0.4, -0.2) is 91.4 Å². The van der Waals surface area contributed by atoms with E-state index in [4.69, 9.17) is 19.3 Å². The second-order valence-corrected chi connectivity index (χ2v) is 12.1. The summed E-state index contributed by atoms with van der Waals surface area (Å²) in [6, 6.07) is 11.6. The Labute approximate surface area is 223 Å². The largest absolute Gasteiger partial charge is 0.475 e. The first-order valence-electron chi connectivity index (χ1n) is 12.9. The Morgan fingerprint density at radius 3 is 2.55 bits per heavy atom. The molecule has 0 spiro atoms. The molecule has 0 amide bonds. The number of benzene rings is 1. The van der Waals surface area contributed by atoms with Crippen molar-refractivity contribution in [2.24, 2.45) is 0 Å². The first kappa shape index (κ1) is 28.4. The highest BCUT2D eigenvalue weighted by Crippen LogP contribution is 2.38. The molecule has 1 aromatic heterocycles. The third-order valence-corrected chi connectivity index (χ3v) is 10.1. The van der Waals surface area contributed by atoms with Crippen LogP contribution in [0.3, 0.4) is 0 Å². The van der Waals surface area contributed by atoms with Crippen molar-refractivity contribution < 1.29 is 37.6 Å². The number of aliphatic hydroxyl groups excluding tert-OH is 2. The zero-order valence-electron chi connectivity index (χ0n) is 21.8. The van der Waals surface area contributed by atoms with Crippen molar-refractivity contribution in [3.8, 4) is 17.1 Å². The summed E-state index contributed by atoms with van der Waals surface area (Å²) in [7, 11) is -2.67. The van der Waals surface area contributed by atoms with Gasteiger partial charge in [0, 0.05) is 50.8 Å². The number of rotatable bonds is 9. The van der Waals surface area contributed by atoms with E-state index in [1.165, 1.54) is 11.4 Å². The SMILES string of the molecule is COC(=O)C1(S(=O)(=O)N2CCC(c3ccc(-c4cccc(OC[C@@H](O)CO)n4)c(C)c3)CC2)CCOCC1. The van der Waals surface area contributed by atoms with E-state index in [-0.39, 0.29) is 45.2 Å². The normalized spacial score (nSPS) is 19.6. The highest BCUT2D eigenvalue weighted by Gasteiger charge is 2.55. The molecule has 3 heterocycles. The van der Waals surface area contributed by atoms with Crippen LogP contribution in [0.1, 0.15) is 42.7 Å². The van der Waals surface area contributed by atoms with Gasteiger partial charge < -0.3 is 24.4 Å². The molecule has 1 aromatic carbocycles. The maximum Gasteiger partial charge on any atom is 0.328 e. The molecule has 4 rings (SSSR count). The molecule has 11 heteroatoms. The zero-order chi connectivity index (χ0) is 27.3.